The van der Waals surface area contributed by atoms with Crippen LogP contribution in [0.1, 0.15) is 28.9 Å². The number of pyridine rings is 1. The summed E-state index contributed by atoms with van der Waals surface area (Å²) in [4.78, 5) is 30.5. The molecule has 0 bridgehead atoms. The molecule has 4 rings (SSSR count). The average Bonchev–Trinajstić information content (AvgIpc) is 3.06. The van der Waals surface area contributed by atoms with Crippen LogP contribution in [0.25, 0.3) is 10.8 Å². The Labute approximate surface area is 162 Å². The molecule has 1 saturated heterocycles. The molecule has 1 aliphatic rings. The van der Waals surface area contributed by atoms with Gasteiger partial charge in [0.15, 0.2) is 0 Å². The fourth-order valence-corrected chi connectivity index (χ4v) is 3.57. The third-order valence-electron chi connectivity index (χ3n) is 4.66. The number of carbonyl (C=O) groups excluding carboxylic acids is 2. The van der Waals surface area contributed by atoms with Crippen molar-refractivity contribution in [3.8, 4) is 0 Å². The van der Waals surface area contributed by atoms with Gasteiger partial charge in [0.25, 0.3) is 5.91 Å². The molecular formula is C21H18ClN3O2. The van der Waals surface area contributed by atoms with E-state index < -0.39 is 0 Å². The largest absolute Gasteiger partial charge is 0.338 e. The van der Waals surface area contributed by atoms with Crippen LogP contribution in [0, 0.1) is 0 Å². The second-order valence-electron chi connectivity index (χ2n) is 6.59. The van der Waals surface area contributed by atoms with Crippen molar-refractivity contribution in [2.75, 3.05) is 11.9 Å². The topological polar surface area (TPSA) is 62.3 Å². The van der Waals surface area contributed by atoms with Crippen LogP contribution < -0.4 is 5.32 Å². The number of likely N-dealkylation sites (tertiary alicyclic amines) is 1. The molecule has 2 amide bonds. The number of nitrogens with zero attached hydrogens (tertiary/aromatic N) is 2. The Balaban J connectivity index is 1.53. The second-order valence-corrected chi connectivity index (χ2v) is 6.95. The number of amides is 2. The zero-order valence-electron chi connectivity index (χ0n) is 14.6. The predicted octanol–water partition coefficient (Wildman–Crippen LogP) is 4.26. The van der Waals surface area contributed by atoms with Crippen LogP contribution >= 0.6 is 11.6 Å². The molecular weight excluding hydrogens is 362 g/mol. The Morgan fingerprint density at radius 3 is 2.81 bits per heavy atom. The van der Waals surface area contributed by atoms with E-state index in [2.05, 4.69) is 10.3 Å². The van der Waals surface area contributed by atoms with Crippen molar-refractivity contribution in [2.24, 2.45) is 0 Å². The number of fused-ring (bicyclic) bond motifs is 1. The van der Waals surface area contributed by atoms with Crippen LogP contribution in [-0.4, -0.2) is 28.2 Å². The van der Waals surface area contributed by atoms with Crippen LogP contribution in [0.4, 0.5) is 5.69 Å². The Bertz CT molecular complexity index is 1030. The summed E-state index contributed by atoms with van der Waals surface area (Å²) in [6.45, 7) is 1.34. The summed E-state index contributed by atoms with van der Waals surface area (Å²) < 4.78 is 0. The van der Waals surface area contributed by atoms with E-state index in [9.17, 15) is 9.59 Å². The molecule has 2 aromatic carbocycles. The van der Waals surface area contributed by atoms with Gasteiger partial charge >= 0.3 is 0 Å². The molecule has 27 heavy (non-hydrogen) atoms. The van der Waals surface area contributed by atoms with Crippen molar-refractivity contribution >= 4 is 39.9 Å². The van der Waals surface area contributed by atoms with Crippen molar-refractivity contribution in [3.63, 3.8) is 0 Å². The molecule has 0 atom stereocenters. The third-order valence-corrected chi connectivity index (χ3v) is 4.94. The molecule has 0 aliphatic carbocycles. The maximum atomic E-state index is 12.6. The first-order chi connectivity index (χ1) is 13.1. The Morgan fingerprint density at radius 2 is 2.00 bits per heavy atom. The molecule has 2 heterocycles. The highest BCUT2D eigenvalue weighted by Gasteiger charge is 2.20. The summed E-state index contributed by atoms with van der Waals surface area (Å²) in [7, 11) is 0. The van der Waals surface area contributed by atoms with Crippen LogP contribution in [-0.2, 0) is 11.3 Å². The number of nitrogens with one attached hydrogen (secondary N) is 1. The number of aromatic nitrogens is 1. The maximum Gasteiger partial charge on any atom is 0.274 e. The summed E-state index contributed by atoms with van der Waals surface area (Å²) in [6.07, 6.45) is 1.52. The fourth-order valence-electron chi connectivity index (χ4n) is 3.31. The van der Waals surface area contributed by atoms with Crippen molar-refractivity contribution in [1.82, 2.24) is 9.88 Å². The van der Waals surface area contributed by atoms with Crippen LogP contribution in [0.2, 0.25) is 5.15 Å². The molecule has 1 fully saturated rings. The highest BCUT2D eigenvalue weighted by molar-refractivity contribution is 6.34. The van der Waals surface area contributed by atoms with E-state index in [0.29, 0.717) is 23.8 Å². The number of hydrogen-bond donors (Lipinski definition) is 1. The number of hydrogen-bond acceptors (Lipinski definition) is 3. The van der Waals surface area contributed by atoms with E-state index in [1.165, 1.54) is 0 Å². The zero-order chi connectivity index (χ0) is 18.8. The van der Waals surface area contributed by atoms with Gasteiger partial charge in [-0.3, -0.25) is 9.59 Å². The standard InChI is InChI=1S/C21H18ClN3O2/c22-20-17-8-2-1-6-15(17)12-18(24-20)21(27)23-16-7-3-5-14(11-16)13-25-10-4-9-19(25)26/h1-3,5-8,11-12H,4,9-10,13H2,(H,23,27). The molecule has 1 aromatic heterocycles. The number of benzene rings is 2. The van der Waals surface area contributed by atoms with Gasteiger partial charge in [-0.25, -0.2) is 4.98 Å². The van der Waals surface area contributed by atoms with Crippen molar-refractivity contribution in [1.29, 1.82) is 0 Å². The molecule has 5 nitrogen and oxygen atoms in total. The second kappa shape index (κ2) is 7.37. The number of anilines is 1. The highest BCUT2D eigenvalue weighted by Crippen LogP contribution is 2.23. The van der Waals surface area contributed by atoms with Gasteiger partial charge in [0, 0.05) is 30.6 Å². The van der Waals surface area contributed by atoms with Crippen LogP contribution in [0.15, 0.2) is 54.6 Å². The SMILES string of the molecule is O=C(Nc1cccc(CN2CCCC2=O)c1)c1cc2ccccc2c(Cl)n1. The smallest absolute Gasteiger partial charge is 0.274 e. The van der Waals surface area contributed by atoms with E-state index in [1.807, 2.05) is 53.4 Å². The molecule has 136 valence electrons. The minimum atomic E-state index is -0.322. The Kier molecular flexibility index (Phi) is 4.77. The van der Waals surface area contributed by atoms with E-state index in [0.717, 1.165) is 29.3 Å². The van der Waals surface area contributed by atoms with Crippen molar-refractivity contribution in [3.05, 3.63) is 71.0 Å². The first kappa shape index (κ1) is 17.5. The predicted molar refractivity (Wildman–Crippen MR) is 106 cm³/mol. The van der Waals surface area contributed by atoms with E-state index >= 15 is 0 Å². The van der Waals surface area contributed by atoms with Gasteiger partial charge in [-0.2, -0.15) is 0 Å². The molecule has 6 heteroatoms. The summed E-state index contributed by atoms with van der Waals surface area (Å²) in [5.74, 6) is -0.142. The lowest BCUT2D eigenvalue weighted by Gasteiger charge is -2.16. The monoisotopic (exact) mass is 379 g/mol. The van der Waals surface area contributed by atoms with Crippen molar-refractivity contribution in [2.45, 2.75) is 19.4 Å². The molecule has 0 spiro atoms. The van der Waals surface area contributed by atoms with Crippen LogP contribution in [0.3, 0.4) is 0 Å². The minimum absolute atomic E-state index is 0.180. The van der Waals surface area contributed by atoms with Crippen molar-refractivity contribution < 1.29 is 9.59 Å². The number of rotatable bonds is 4. The van der Waals surface area contributed by atoms with Gasteiger partial charge in [0.1, 0.15) is 10.8 Å². The quantitative estimate of drug-likeness (QED) is 0.689. The molecule has 1 N–H and O–H groups in total. The zero-order valence-corrected chi connectivity index (χ0v) is 15.4. The maximum absolute atomic E-state index is 12.6. The van der Waals surface area contributed by atoms with Gasteiger partial charge in [-0.05, 0) is 35.6 Å². The van der Waals surface area contributed by atoms with Gasteiger partial charge in [-0.1, -0.05) is 48.0 Å². The molecule has 1 aliphatic heterocycles. The number of halogens is 1. The third kappa shape index (κ3) is 3.78. The van der Waals surface area contributed by atoms with Gasteiger partial charge < -0.3 is 10.2 Å². The van der Waals surface area contributed by atoms with E-state index in [4.69, 9.17) is 11.6 Å². The van der Waals surface area contributed by atoms with Gasteiger partial charge in [0.2, 0.25) is 5.91 Å². The molecule has 3 aromatic rings. The van der Waals surface area contributed by atoms with Crippen LogP contribution in [0.5, 0.6) is 0 Å². The first-order valence-electron chi connectivity index (χ1n) is 8.83. The minimum Gasteiger partial charge on any atom is -0.338 e. The lowest BCUT2D eigenvalue weighted by molar-refractivity contribution is -0.128. The normalized spacial score (nSPS) is 14.0. The average molecular weight is 380 g/mol. The molecule has 0 saturated carbocycles. The van der Waals surface area contributed by atoms with Gasteiger partial charge in [-0.15, -0.1) is 0 Å². The number of carbonyl (C=O) groups is 2. The lowest BCUT2D eigenvalue weighted by atomic mass is 10.1. The summed E-state index contributed by atoms with van der Waals surface area (Å²) in [6, 6.07) is 16.8. The van der Waals surface area contributed by atoms with E-state index in [1.54, 1.807) is 6.07 Å². The van der Waals surface area contributed by atoms with E-state index in [-0.39, 0.29) is 17.5 Å². The van der Waals surface area contributed by atoms with Gasteiger partial charge in [0.05, 0.1) is 0 Å². The summed E-state index contributed by atoms with van der Waals surface area (Å²) in [5, 5.41) is 4.85. The fraction of sp³-hybridized carbons (Fsp3) is 0.190. The Morgan fingerprint density at radius 1 is 1.15 bits per heavy atom. The molecule has 0 unspecified atom stereocenters. The molecule has 0 radical (unpaired) electrons. The Hall–Kier alpha value is -2.92. The summed E-state index contributed by atoms with van der Waals surface area (Å²) in [5.41, 5.74) is 1.90. The first-order valence-corrected chi connectivity index (χ1v) is 9.21. The summed E-state index contributed by atoms with van der Waals surface area (Å²) >= 11 is 6.21. The lowest BCUT2D eigenvalue weighted by Crippen LogP contribution is -2.23. The highest BCUT2D eigenvalue weighted by atomic mass is 35.5.